The van der Waals surface area contributed by atoms with Gasteiger partial charge in [-0.3, -0.25) is 4.72 Å². The van der Waals surface area contributed by atoms with E-state index in [9.17, 15) is 26.7 Å². The van der Waals surface area contributed by atoms with Crippen molar-refractivity contribution in [2.75, 3.05) is 4.72 Å². The van der Waals surface area contributed by atoms with Crippen molar-refractivity contribution in [1.82, 2.24) is 0 Å². The van der Waals surface area contributed by atoms with E-state index in [0.717, 1.165) is 18.2 Å². The molecule has 0 aromatic heterocycles. The van der Waals surface area contributed by atoms with Crippen molar-refractivity contribution in [3.05, 3.63) is 54.1 Å². The molecule has 2 N–H and O–H groups in total. The van der Waals surface area contributed by atoms with Crippen molar-refractivity contribution in [1.29, 1.82) is 0 Å². The minimum absolute atomic E-state index is 0.215. The van der Waals surface area contributed by atoms with Crippen LogP contribution in [0.25, 0.3) is 0 Å². The van der Waals surface area contributed by atoms with Gasteiger partial charge in [-0.05, 0) is 30.3 Å². The molecule has 21 heavy (non-hydrogen) atoms. The first kappa shape index (κ1) is 15.2. The highest BCUT2D eigenvalue weighted by molar-refractivity contribution is 7.92. The first-order chi connectivity index (χ1) is 9.68. The smallest absolute Gasteiger partial charge is 0.416 e. The summed E-state index contributed by atoms with van der Waals surface area (Å²) in [6.45, 7) is 0. The van der Waals surface area contributed by atoms with E-state index in [4.69, 9.17) is 0 Å². The van der Waals surface area contributed by atoms with Crippen molar-refractivity contribution in [2.45, 2.75) is 11.1 Å². The fourth-order valence-electron chi connectivity index (χ4n) is 1.62. The maximum absolute atomic E-state index is 12.6. The Morgan fingerprint density at radius 3 is 2.29 bits per heavy atom. The molecule has 0 spiro atoms. The molecule has 0 heterocycles. The van der Waals surface area contributed by atoms with E-state index in [1.807, 2.05) is 4.72 Å². The van der Waals surface area contributed by atoms with Crippen molar-refractivity contribution < 1.29 is 26.7 Å². The Kier molecular flexibility index (Phi) is 3.82. The summed E-state index contributed by atoms with van der Waals surface area (Å²) in [5.74, 6) is -0.262. The van der Waals surface area contributed by atoms with Gasteiger partial charge in [0.2, 0.25) is 0 Å². The van der Waals surface area contributed by atoms with Gasteiger partial charge in [0.05, 0.1) is 10.5 Å². The average molecular weight is 317 g/mol. The van der Waals surface area contributed by atoms with Crippen LogP contribution in [0.1, 0.15) is 5.56 Å². The van der Waals surface area contributed by atoms with E-state index in [-0.39, 0.29) is 16.3 Å². The van der Waals surface area contributed by atoms with Crippen LogP contribution in [0.2, 0.25) is 0 Å². The maximum atomic E-state index is 12.6. The lowest BCUT2D eigenvalue weighted by molar-refractivity contribution is -0.137. The van der Waals surface area contributed by atoms with E-state index in [0.29, 0.717) is 6.07 Å². The summed E-state index contributed by atoms with van der Waals surface area (Å²) in [5, 5.41) is 9.25. The van der Waals surface area contributed by atoms with E-state index < -0.39 is 21.8 Å². The Morgan fingerprint density at radius 2 is 1.67 bits per heavy atom. The molecule has 2 rings (SSSR count). The molecule has 0 saturated carbocycles. The maximum Gasteiger partial charge on any atom is 0.416 e. The number of hydrogen-bond donors (Lipinski definition) is 2. The number of nitrogens with one attached hydrogen (secondary N) is 1. The zero-order valence-electron chi connectivity index (χ0n) is 10.4. The van der Waals surface area contributed by atoms with E-state index in [1.54, 1.807) is 0 Å². The Hall–Kier alpha value is -2.22. The highest BCUT2D eigenvalue weighted by Gasteiger charge is 2.30. The normalized spacial score (nSPS) is 12.1. The lowest BCUT2D eigenvalue weighted by Gasteiger charge is -2.11. The molecule has 0 aliphatic rings. The number of halogens is 3. The van der Waals surface area contributed by atoms with Gasteiger partial charge in [-0.1, -0.05) is 12.1 Å². The molecule has 0 saturated heterocycles. The summed E-state index contributed by atoms with van der Waals surface area (Å²) in [4.78, 5) is -0.250. The average Bonchev–Trinajstić information content (AvgIpc) is 2.37. The molecule has 2 aromatic carbocycles. The van der Waals surface area contributed by atoms with E-state index in [2.05, 4.69) is 0 Å². The summed E-state index contributed by atoms with van der Waals surface area (Å²) in [7, 11) is -4.08. The molecule has 0 aliphatic heterocycles. The van der Waals surface area contributed by atoms with Gasteiger partial charge in [0, 0.05) is 11.8 Å². The summed E-state index contributed by atoms with van der Waals surface area (Å²) in [6, 6.07) is 8.65. The van der Waals surface area contributed by atoms with Crippen LogP contribution in [0.3, 0.4) is 0 Å². The molecule has 2 aromatic rings. The first-order valence-corrected chi connectivity index (χ1v) is 7.16. The van der Waals surface area contributed by atoms with Crippen LogP contribution in [0, 0.1) is 0 Å². The van der Waals surface area contributed by atoms with Crippen molar-refractivity contribution in [2.24, 2.45) is 0 Å². The summed E-state index contributed by atoms with van der Waals surface area (Å²) >= 11 is 0. The van der Waals surface area contributed by atoms with Crippen LogP contribution in [0.15, 0.2) is 53.4 Å². The number of aromatic hydroxyl groups is 1. The van der Waals surface area contributed by atoms with Crippen molar-refractivity contribution >= 4 is 15.7 Å². The molecule has 0 unspecified atom stereocenters. The van der Waals surface area contributed by atoms with Gasteiger partial charge in [-0.2, -0.15) is 13.2 Å². The number of sulfonamides is 1. The number of phenolic OH excluding ortho intramolecular Hbond substituents is 1. The molecule has 8 heteroatoms. The third-order valence-electron chi connectivity index (χ3n) is 2.57. The topological polar surface area (TPSA) is 66.4 Å². The largest absolute Gasteiger partial charge is 0.508 e. The van der Waals surface area contributed by atoms with Gasteiger partial charge in [0.15, 0.2) is 0 Å². The third kappa shape index (κ3) is 3.66. The molecule has 0 fully saturated rings. The van der Waals surface area contributed by atoms with Crippen LogP contribution in [0.5, 0.6) is 5.75 Å². The first-order valence-electron chi connectivity index (χ1n) is 5.67. The number of alkyl halides is 3. The highest BCUT2D eigenvalue weighted by Crippen LogP contribution is 2.31. The number of hydrogen-bond acceptors (Lipinski definition) is 3. The second kappa shape index (κ2) is 5.28. The molecule has 0 aliphatic carbocycles. The Morgan fingerprint density at radius 1 is 1.00 bits per heavy atom. The zero-order valence-corrected chi connectivity index (χ0v) is 11.2. The fraction of sp³-hybridized carbons (Fsp3) is 0.0769. The molecule has 4 nitrogen and oxygen atoms in total. The lowest BCUT2D eigenvalue weighted by Crippen LogP contribution is -2.14. The second-order valence-electron chi connectivity index (χ2n) is 4.18. The number of anilines is 1. The third-order valence-corrected chi connectivity index (χ3v) is 3.95. The molecule has 0 atom stereocenters. The Balaban J connectivity index is 2.33. The predicted octanol–water partition coefficient (Wildman–Crippen LogP) is 3.21. The summed E-state index contributed by atoms with van der Waals surface area (Å²) < 4.78 is 63.8. The van der Waals surface area contributed by atoms with Crippen LogP contribution >= 0.6 is 0 Å². The van der Waals surface area contributed by atoms with Crippen LogP contribution < -0.4 is 4.72 Å². The molecular formula is C13H10F3NO3S. The van der Waals surface area contributed by atoms with Crippen LogP contribution in [-0.4, -0.2) is 13.5 Å². The van der Waals surface area contributed by atoms with E-state index in [1.165, 1.54) is 24.3 Å². The van der Waals surface area contributed by atoms with Gasteiger partial charge < -0.3 is 5.11 Å². The SMILES string of the molecule is O=S(=O)(Nc1cccc(C(F)(F)F)c1)c1cccc(O)c1. The lowest BCUT2D eigenvalue weighted by atomic mass is 10.2. The Labute approximate surface area is 118 Å². The number of phenols is 1. The standard InChI is InChI=1S/C13H10F3NO3S/c14-13(15,16)9-3-1-4-10(7-9)17-21(19,20)12-6-2-5-11(18)8-12/h1-8,17-18H. The number of benzene rings is 2. The van der Waals surface area contributed by atoms with Gasteiger partial charge in [0.25, 0.3) is 10.0 Å². The van der Waals surface area contributed by atoms with Gasteiger partial charge in [-0.15, -0.1) is 0 Å². The van der Waals surface area contributed by atoms with Gasteiger partial charge >= 0.3 is 6.18 Å². The Bertz CT molecular complexity index is 757. The van der Waals surface area contributed by atoms with E-state index >= 15 is 0 Å². The van der Waals surface area contributed by atoms with Crippen molar-refractivity contribution in [3.63, 3.8) is 0 Å². The predicted molar refractivity (Wildman–Crippen MR) is 70.4 cm³/mol. The highest BCUT2D eigenvalue weighted by atomic mass is 32.2. The van der Waals surface area contributed by atoms with Gasteiger partial charge in [-0.25, -0.2) is 8.42 Å². The van der Waals surface area contributed by atoms with Crippen LogP contribution in [-0.2, 0) is 16.2 Å². The zero-order chi connectivity index (χ0) is 15.7. The number of rotatable bonds is 3. The summed E-state index contributed by atoms with van der Waals surface area (Å²) in [6.07, 6.45) is -4.56. The minimum Gasteiger partial charge on any atom is -0.508 e. The molecule has 0 amide bonds. The minimum atomic E-state index is -4.56. The van der Waals surface area contributed by atoms with Crippen molar-refractivity contribution in [3.8, 4) is 5.75 Å². The molecule has 0 radical (unpaired) electrons. The summed E-state index contributed by atoms with van der Waals surface area (Å²) in [5.41, 5.74) is -1.17. The van der Waals surface area contributed by atoms with Crippen LogP contribution in [0.4, 0.5) is 18.9 Å². The second-order valence-corrected chi connectivity index (χ2v) is 5.86. The van der Waals surface area contributed by atoms with Gasteiger partial charge in [0.1, 0.15) is 5.75 Å². The molecular weight excluding hydrogens is 307 g/mol. The molecule has 112 valence electrons. The monoisotopic (exact) mass is 317 g/mol. The molecule has 0 bridgehead atoms. The quantitative estimate of drug-likeness (QED) is 0.913. The fourth-order valence-corrected chi connectivity index (χ4v) is 2.71.